The zero-order valence-electron chi connectivity index (χ0n) is 12.0. The average molecular weight is 294 g/mol. The van der Waals surface area contributed by atoms with Crippen LogP contribution >= 0.6 is 11.8 Å². The minimum Gasteiger partial charge on any atom is -0.463 e. The van der Waals surface area contributed by atoms with E-state index in [0.29, 0.717) is 5.75 Å². The van der Waals surface area contributed by atoms with Gasteiger partial charge < -0.3 is 14.2 Å². The highest BCUT2D eigenvalue weighted by atomic mass is 32.2. The molecule has 3 heterocycles. The fourth-order valence-electron chi connectivity index (χ4n) is 2.90. The number of rotatable bonds is 5. The van der Waals surface area contributed by atoms with Crippen LogP contribution in [0.2, 0.25) is 0 Å². The van der Waals surface area contributed by atoms with E-state index >= 15 is 0 Å². The largest absolute Gasteiger partial charge is 0.463 e. The third kappa shape index (κ3) is 2.88. The Kier molecular flexibility index (Phi) is 4.36. The monoisotopic (exact) mass is 294 g/mol. The number of hydrogen-bond donors (Lipinski definition) is 0. The standard InChI is InChI=1S/C15H22N2O2S/c1-2-12-5-6-13(19-12)15-17(14(18)11-20-15)10-9-16-7-3-4-8-16/h5-6,15H,2-4,7-11H2,1H3. The Morgan fingerprint density at radius 1 is 1.30 bits per heavy atom. The molecular formula is C15H22N2O2S. The Hall–Kier alpha value is -0.940. The number of carbonyl (C=O) groups excluding carboxylic acids is 1. The first-order valence-electron chi connectivity index (χ1n) is 7.50. The first-order chi connectivity index (χ1) is 9.78. The fourth-order valence-corrected chi connectivity index (χ4v) is 4.06. The summed E-state index contributed by atoms with van der Waals surface area (Å²) in [6.45, 7) is 6.25. The SMILES string of the molecule is CCc1ccc(C2SCC(=O)N2CCN2CCCC2)o1. The van der Waals surface area contributed by atoms with Crippen molar-refractivity contribution in [1.29, 1.82) is 0 Å². The molecule has 5 heteroatoms. The number of nitrogens with zero attached hydrogens (tertiary/aromatic N) is 2. The average Bonchev–Trinajstić information content (AvgIpc) is 3.17. The number of carbonyl (C=O) groups is 1. The highest BCUT2D eigenvalue weighted by Crippen LogP contribution is 2.39. The van der Waals surface area contributed by atoms with Crippen LogP contribution < -0.4 is 0 Å². The minimum absolute atomic E-state index is 0.0744. The second-order valence-electron chi connectivity index (χ2n) is 5.46. The molecule has 0 aromatic carbocycles. The molecule has 3 rings (SSSR count). The molecule has 1 amide bonds. The van der Waals surface area contributed by atoms with E-state index in [1.807, 2.05) is 17.0 Å². The Bertz CT molecular complexity index is 468. The Balaban J connectivity index is 1.64. The van der Waals surface area contributed by atoms with E-state index in [-0.39, 0.29) is 11.3 Å². The molecule has 1 unspecified atom stereocenters. The second-order valence-corrected chi connectivity index (χ2v) is 6.53. The molecule has 2 aliphatic rings. The van der Waals surface area contributed by atoms with Gasteiger partial charge in [-0.1, -0.05) is 6.92 Å². The number of amides is 1. The number of thioether (sulfide) groups is 1. The maximum atomic E-state index is 12.1. The van der Waals surface area contributed by atoms with Gasteiger partial charge in [-0.05, 0) is 38.1 Å². The van der Waals surface area contributed by atoms with Gasteiger partial charge >= 0.3 is 0 Å². The normalized spacial score (nSPS) is 23.9. The van der Waals surface area contributed by atoms with Gasteiger partial charge in [-0.25, -0.2) is 0 Å². The molecule has 0 bridgehead atoms. The van der Waals surface area contributed by atoms with E-state index < -0.39 is 0 Å². The van der Waals surface area contributed by atoms with Gasteiger partial charge in [0.05, 0.1) is 5.75 Å². The zero-order chi connectivity index (χ0) is 13.9. The molecule has 1 atom stereocenters. The van der Waals surface area contributed by atoms with Crippen molar-refractivity contribution in [3.8, 4) is 0 Å². The van der Waals surface area contributed by atoms with Crippen molar-refractivity contribution in [1.82, 2.24) is 9.80 Å². The lowest BCUT2D eigenvalue weighted by atomic mass is 10.3. The summed E-state index contributed by atoms with van der Waals surface area (Å²) < 4.78 is 5.84. The number of aryl methyl sites for hydroxylation is 1. The quantitative estimate of drug-likeness (QED) is 0.836. The van der Waals surface area contributed by atoms with Gasteiger partial charge in [-0.15, -0.1) is 11.8 Å². The van der Waals surface area contributed by atoms with Crippen LogP contribution in [-0.2, 0) is 11.2 Å². The first-order valence-corrected chi connectivity index (χ1v) is 8.55. The summed E-state index contributed by atoms with van der Waals surface area (Å²) in [6, 6.07) is 4.05. The van der Waals surface area contributed by atoms with Gasteiger partial charge in [-0.2, -0.15) is 0 Å². The van der Waals surface area contributed by atoms with Crippen molar-refractivity contribution in [3.05, 3.63) is 23.7 Å². The van der Waals surface area contributed by atoms with Gasteiger partial charge in [0.2, 0.25) is 5.91 Å². The smallest absolute Gasteiger partial charge is 0.233 e. The van der Waals surface area contributed by atoms with Crippen LogP contribution in [0, 0.1) is 0 Å². The van der Waals surface area contributed by atoms with Crippen molar-refractivity contribution < 1.29 is 9.21 Å². The Labute approximate surface area is 124 Å². The summed E-state index contributed by atoms with van der Waals surface area (Å²) in [4.78, 5) is 16.5. The summed E-state index contributed by atoms with van der Waals surface area (Å²) in [5.74, 6) is 2.75. The number of furan rings is 1. The van der Waals surface area contributed by atoms with Gasteiger partial charge in [0.15, 0.2) is 0 Å². The lowest BCUT2D eigenvalue weighted by Gasteiger charge is -2.25. The molecule has 0 spiro atoms. The summed E-state index contributed by atoms with van der Waals surface area (Å²) >= 11 is 1.68. The van der Waals surface area contributed by atoms with Crippen LogP contribution in [0.4, 0.5) is 0 Å². The van der Waals surface area contributed by atoms with Gasteiger partial charge in [0.25, 0.3) is 0 Å². The Morgan fingerprint density at radius 2 is 2.10 bits per heavy atom. The molecule has 2 aliphatic heterocycles. The third-order valence-corrected chi connectivity index (χ3v) is 5.31. The van der Waals surface area contributed by atoms with Crippen LogP contribution in [-0.4, -0.2) is 47.6 Å². The van der Waals surface area contributed by atoms with Crippen molar-refractivity contribution in [2.75, 3.05) is 31.9 Å². The van der Waals surface area contributed by atoms with Gasteiger partial charge in [0.1, 0.15) is 16.9 Å². The lowest BCUT2D eigenvalue weighted by molar-refractivity contribution is -0.128. The molecule has 4 nitrogen and oxygen atoms in total. The maximum absolute atomic E-state index is 12.1. The molecule has 0 N–H and O–H groups in total. The second kappa shape index (κ2) is 6.22. The van der Waals surface area contributed by atoms with E-state index in [1.54, 1.807) is 11.8 Å². The molecule has 1 aromatic heterocycles. The van der Waals surface area contributed by atoms with Crippen molar-refractivity contribution >= 4 is 17.7 Å². The molecule has 20 heavy (non-hydrogen) atoms. The van der Waals surface area contributed by atoms with Crippen LogP contribution in [0.3, 0.4) is 0 Å². The molecule has 110 valence electrons. The number of hydrogen-bond acceptors (Lipinski definition) is 4. The van der Waals surface area contributed by atoms with Crippen molar-refractivity contribution in [3.63, 3.8) is 0 Å². The highest BCUT2D eigenvalue weighted by molar-refractivity contribution is 8.00. The molecule has 2 fully saturated rings. The van der Waals surface area contributed by atoms with E-state index in [4.69, 9.17) is 4.42 Å². The summed E-state index contributed by atoms with van der Waals surface area (Å²) in [5.41, 5.74) is 0. The minimum atomic E-state index is 0.0744. The van der Waals surface area contributed by atoms with Gasteiger partial charge in [0, 0.05) is 19.5 Å². The molecule has 1 aromatic rings. The predicted octanol–water partition coefficient (Wildman–Crippen LogP) is 2.51. The van der Waals surface area contributed by atoms with Crippen molar-refractivity contribution in [2.24, 2.45) is 0 Å². The Morgan fingerprint density at radius 3 is 2.80 bits per heavy atom. The maximum Gasteiger partial charge on any atom is 0.233 e. The van der Waals surface area contributed by atoms with Crippen LogP contribution in [0.1, 0.15) is 36.7 Å². The van der Waals surface area contributed by atoms with Crippen molar-refractivity contribution in [2.45, 2.75) is 31.6 Å². The molecular weight excluding hydrogens is 272 g/mol. The molecule has 0 aliphatic carbocycles. The summed E-state index contributed by atoms with van der Waals surface area (Å²) in [6.07, 6.45) is 3.49. The number of likely N-dealkylation sites (tertiary alicyclic amines) is 1. The highest BCUT2D eigenvalue weighted by Gasteiger charge is 2.34. The summed E-state index contributed by atoms with van der Waals surface area (Å²) in [7, 11) is 0. The first kappa shape index (κ1) is 14.0. The lowest BCUT2D eigenvalue weighted by Crippen LogP contribution is -2.36. The van der Waals surface area contributed by atoms with E-state index in [1.165, 1.54) is 25.9 Å². The topological polar surface area (TPSA) is 36.7 Å². The molecule has 0 saturated carbocycles. The molecule has 0 radical (unpaired) electrons. The zero-order valence-corrected chi connectivity index (χ0v) is 12.8. The van der Waals surface area contributed by atoms with Crippen LogP contribution in [0.5, 0.6) is 0 Å². The third-order valence-electron chi connectivity index (χ3n) is 4.10. The molecule has 2 saturated heterocycles. The predicted molar refractivity (Wildman–Crippen MR) is 80.7 cm³/mol. The van der Waals surface area contributed by atoms with Crippen LogP contribution in [0.25, 0.3) is 0 Å². The summed E-state index contributed by atoms with van der Waals surface area (Å²) in [5, 5.41) is 0.0744. The fraction of sp³-hybridized carbons (Fsp3) is 0.667. The van der Waals surface area contributed by atoms with Crippen LogP contribution in [0.15, 0.2) is 16.5 Å². The van der Waals surface area contributed by atoms with E-state index in [2.05, 4.69) is 11.8 Å². The van der Waals surface area contributed by atoms with E-state index in [0.717, 1.165) is 31.0 Å². The van der Waals surface area contributed by atoms with Gasteiger partial charge in [-0.3, -0.25) is 4.79 Å². The van der Waals surface area contributed by atoms with E-state index in [9.17, 15) is 4.79 Å².